The van der Waals surface area contributed by atoms with Gasteiger partial charge in [0.1, 0.15) is 0 Å². The van der Waals surface area contributed by atoms with Crippen LogP contribution in [0.15, 0.2) is 0 Å². The first-order valence-corrected chi connectivity index (χ1v) is 5.15. The van der Waals surface area contributed by atoms with Crippen molar-refractivity contribution in [2.24, 2.45) is 11.1 Å². The summed E-state index contributed by atoms with van der Waals surface area (Å²) >= 11 is 0. The lowest BCUT2D eigenvalue weighted by atomic mass is 9.80. The first-order chi connectivity index (χ1) is 5.72. The van der Waals surface area contributed by atoms with Gasteiger partial charge in [-0.05, 0) is 25.7 Å². The molecule has 2 rings (SSSR count). The van der Waals surface area contributed by atoms with E-state index in [0.29, 0.717) is 6.54 Å². The molecular formula is C10H19NO. The molecule has 0 aromatic carbocycles. The molecule has 1 spiro atoms. The summed E-state index contributed by atoms with van der Waals surface area (Å²) in [5, 5.41) is 10.3. The van der Waals surface area contributed by atoms with Crippen molar-refractivity contribution in [1.29, 1.82) is 0 Å². The van der Waals surface area contributed by atoms with Gasteiger partial charge in [-0.1, -0.05) is 19.3 Å². The maximum atomic E-state index is 10.3. The minimum atomic E-state index is -0.510. The Morgan fingerprint density at radius 1 is 1.00 bits per heavy atom. The van der Waals surface area contributed by atoms with Crippen molar-refractivity contribution in [3.05, 3.63) is 0 Å². The van der Waals surface area contributed by atoms with E-state index in [9.17, 15) is 5.11 Å². The molecular weight excluding hydrogens is 150 g/mol. The second-order valence-electron chi connectivity index (χ2n) is 4.58. The third-order valence-electron chi connectivity index (χ3n) is 3.92. The summed E-state index contributed by atoms with van der Waals surface area (Å²) in [6.45, 7) is 0.465. The van der Waals surface area contributed by atoms with Gasteiger partial charge in [-0.15, -0.1) is 0 Å². The molecule has 3 N–H and O–H groups in total. The standard InChI is InChI=1S/C10H19NO/c11-8-10(12)5-3-1-2-4-9(10)6-7-9/h12H,1-8,11H2. The topological polar surface area (TPSA) is 46.2 Å². The van der Waals surface area contributed by atoms with Gasteiger partial charge in [0.15, 0.2) is 0 Å². The van der Waals surface area contributed by atoms with Crippen LogP contribution in [0.25, 0.3) is 0 Å². The van der Waals surface area contributed by atoms with Crippen LogP contribution < -0.4 is 5.73 Å². The fraction of sp³-hybridized carbons (Fsp3) is 1.00. The van der Waals surface area contributed by atoms with E-state index < -0.39 is 5.60 Å². The molecule has 2 aliphatic carbocycles. The average molecular weight is 169 g/mol. The number of rotatable bonds is 1. The molecule has 2 nitrogen and oxygen atoms in total. The van der Waals surface area contributed by atoms with Gasteiger partial charge in [-0.2, -0.15) is 0 Å². The molecule has 0 saturated heterocycles. The predicted molar refractivity (Wildman–Crippen MR) is 48.8 cm³/mol. The highest BCUT2D eigenvalue weighted by molar-refractivity contribution is 5.09. The van der Waals surface area contributed by atoms with Crippen molar-refractivity contribution in [3.63, 3.8) is 0 Å². The molecule has 12 heavy (non-hydrogen) atoms. The predicted octanol–water partition coefficient (Wildman–Crippen LogP) is 1.42. The van der Waals surface area contributed by atoms with Gasteiger partial charge < -0.3 is 10.8 Å². The molecule has 0 amide bonds. The molecule has 2 heteroatoms. The first-order valence-electron chi connectivity index (χ1n) is 5.15. The lowest BCUT2D eigenvalue weighted by molar-refractivity contribution is -0.0305. The zero-order valence-corrected chi connectivity index (χ0v) is 7.68. The van der Waals surface area contributed by atoms with Crippen molar-refractivity contribution in [3.8, 4) is 0 Å². The average Bonchev–Trinajstić information content (AvgIpc) is 2.86. The molecule has 0 aromatic rings. The van der Waals surface area contributed by atoms with Crippen LogP contribution in [0, 0.1) is 5.41 Å². The SMILES string of the molecule is NCC1(O)CCCCCC12CC2. The second kappa shape index (κ2) is 2.71. The Labute approximate surface area is 74.1 Å². The smallest absolute Gasteiger partial charge is 0.0825 e. The van der Waals surface area contributed by atoms with E-state index in [-0.39, 0.29) is 5.41 Å². The molecule has 0 heterocycles. The van der Waals surface area contributed by atoms with Gasteiger partial charge in [0.25, 0.3) is 0 Å². The molecule has 70 valence electrons. The van der Waals surface area contributed by atoms with Crippen LogP contribution in [0.2, 0.25) is 0 Å². The fourth-order valence-electron chi connectivity index (χ4n) is 2.74. The largest absolute Gasteiger partial charge is 0.388 e. The van der Waals surface area contributed by atoms with Crippen LogP contribution in [0.1, 0.15) is 44.9 Å². The van der Waals surface area contributed by atoms with E-state index in [4.69, 9.17) is 5.73 Å². The maximum Gasteiger partial charge on any atom is 0.0825 e. The number of nitrogens with two attached hydrogens (primary N) is 1. The second-order valence-corrected chi connectivity index (χ2v) is 4.58. The summed E-state index contributed by atoms with van der Waals surface area (Å²) in [6.07, 6.45) is 8.30. The van der Waals surface area contributed by atoms with Crippen LogP contribution in [0.5, 0.6) is 0 Å². The highest BCUT2D eigenvalue weighted by Crippen LogP contribution is 2.60. The van der Waals surface area contributed by atoms with Crippen LogP contribution in [0.3, 0.4) is 0 Å². The molecule has 0 aliphatic heterocycles. The molecule has 0 aromatic heterocycles. The van der Waals surface area contributed by atoms with Crippen molar-refractivity contribution >= 4 is 0 Å². The van der Waals surface area contributed by atoms with Gasteiger partial charge in [-0.25, -0.2) is 0 Å². The van der Waals surface area contributed by atoms with Gasteiger partial charge in [0.2, 0.25) is 0 Å². The van der Waals surface area contributed by atoms with Crippen molar-refractivity contribution in [1.82, 2.24) is 0 Å². The molecule has 2 saturated carbocycles. The lowest BCUT2D eigenvalue weighted by Gasteiger charge is -2.34. The normalized spacial score (nSPS) is 39.5. The van der Waals surface area contributed by atoms with E-state index >= 15 is 0 Å². The van der Waals surface area contributed by atoms with Gasteiger partial charge in [0, 0.05) is 12.0 Å². The molecule has 2 aliphatic rings. The van der Waals surface area contributed by atoms with Crippen molar-refractivity contribution in [2.75, 3.05) is 6.54 Å². The summed E-state index contributed by atoms with van der Waals surface area (Å²) in [5.74, 6) is 0. The van der Waals surface area contributed by atoms with Gasteiger partial charge in [0.05, 0.1) is 5.60 Å². The number of hydrogen-bond acceptors (Lipinski definition) is 2. The minimum Gasteiger partial charge on any atom is -0.388 e. The summed E-state index contributed by atoms with van der Waals surface area (Å²) in [6, 6.07) is 0. The zero-order chi connectivity index (χ0) is 8.66. The summed E-state index contributed by atoms with van der Waals surface area (Å²) in [7, 11) is 0. The Morgan fingerprint density at radius 3 is 2.25 bits per heavy atom. The number of aliphatic hydroxyl groups is 1. The zero-order valence-electron chi connectivity index (χ0n) is 7.68. The third kappa shape index (κ3) is 1.09. The number of hydrogen-bond donors (Lipinski definition) is 2. The minimum absolute atomic E-state index is 0.248. The van der Waals surface area contributed by atoms with Crippen molar-refractivity contribution < 1.29 is 5.11 Å². The van der Waals surface area contributed by atoms with Crippen molar-refractivity contribution in [2.45, 2.75) is 50.5 Å². The van der Waals surface area contributed by atoms with E-state index in [1.807, 2.05) is 0 Å². The Balaban J connectivity index is 2.16. The van der Waals surface area contributed by atoms with Crippen LogP contribution in [0.4, 0.5) is 0 Å². The van der Waals surface area contributed by atoms with E-state index in [0.717, 1.165) is 12.8 Å². The fourth-order valence-corrected chi connectivity index (χ4v) is 2.74. The van der Waals surface area contributed by atoms with Crippen LogP contribution in [-0.2, 0) is 0 Å². The summed E-state index contributed by atoms with van der Waals surface area (Å²) in [4.78, 5) is 0. The highest BCUT2D eigenvalue weighted by atomic mass is 16.3. The monoisotopic (exact) mass is 169 g/mol. The first kappa shape index (κ1) is 8.52. The van der Waals surface area contributed by atoms with E-state index in [1.54, 1.807) is 0 Å². The molecule has 2 fully saturated rings. The Kier molecular flexibility index (Phi) is 1.92. The molecule has 1 unspecified atom stereocenters. The quantitative estimate of drug-likeness (QED) is 0.623. The molecule has 1 atom stereocenters. The van der Waals surface area contributed by atoms with Gasteiger partial charge >= 0.3 is 0 Å². The maximum absolute atomic E-state index is 10.3. The Bertz CT molecular complexity index is 177. The third-order valence-corrected chi connectivity index (χ3v) is 3.92. The Hall–Kier alpha value is -0.0800. The summed E-state index contributed by atoms with van der Waals surface area (Å²) < 4.78 is 0. The van der Waals surface area contributed by atoms with Crippen LogP contribution >= 0.6 is 0 Å². The lowest BCUT2D eigenvalue weighted by Crippen LogP contribution is -2.45. The summed E-state index contributed by atoms with van der Waals surface area (Å²) in [5.41, 5.74) is 5.41. The molecule has 0 radical (unpaired) electrons. The highest BCUT2D eigenvalue weighted by Gasteiger charge is 2.57. The van der Waals surface area contributed by atoms with E-state index in [1.165, 1.54) is 32.1 Å². The van der Waals surface area contributed by atoms with E-state index in [2.05, 4.69) is 0 Å². The Morgan fingerprint density at radius 2 is 1.67 bits per heavy atom. The van der Waals surface area contributed by atoms with Gasteiger partial charge in [-0.3, -0.25) is 0 Å². The molecule has 0 bridgehead atoms. The van der Waals surface area contributed by atoms with Crippen LogP contribution in [-0.4, -0.2) is 17.3 Å².